The molecule has 0 saturated heterocycles. The van der Waals surface area contributed by atoms with Crippen LogP contribution in [0.4, 0.5) is 18.9 Å². The topological polar surface area (TPSA) is 29.3 Å². The summed E-state index contributed by atoms with van der Waals surface area (Å²) < 4.78 is 38.3. The summed E-state index contributed by atoms with van der Waals surface area (Å²) in [6, 6.07) is 4.83. The molecule has 0 aliphatic carbocycles. The molecule has 0 heterocycles. The Kier molecular flexibility index (Phi) is 5.04. The maximum absolute atomic E-state index is 12.5. The Morgan fingerprint density at radius 3 is 2.44 bits per heavy atom. The van der Waals surface area contributed by atoms with Gasteiger partial charge in [0.15, 0.2) is 0 Å². The third-order valence-corrected chi connectivity index (χ3v) is 3.07. The van der Waals surface area contributed by atoms with Gasteiger partial charge in [-0.1, -0.05) is 15.9 Å². The van der Waals surface area contributed by atoms with Gasteiger partial charge in [-0.05, 0) is 37.6 Å². The Labute approximate surface area is 113 Å². The second-order valence-electron chi connectivity index (χ2n) is 4.12. The Bertz CT molecular complexity index is 405. The summed E-state index contributed by atoms with van der Waals surface area (Å²) in [6.45, 7) is 2.76. The van der Waals surface area contributed by atoms with E-state index < -0.39 is 12.7 Å². The SMILES string of the molecule is CCN(CC(F)(F)F)c1ccc(Br)cc1C(C)N. The van der Waals surface area contributed by atoms with E-state index in [0.717, 1.165) is 4.47 Å². The number of hydrogen-bond donors (Lipinski definition) is 1. The highest BCUT2D eigenvalue weighted by Gasteiger charge is 2.31. The monoisotopic (exact) mass is 324 g/mol. The van der Waals surface area contributed by atoms with E-state index in [9.17, 15) is 13.2 Å². The van der Waals surface area contributed by atoms with Crippen LogP contribution in [-0.2, 0) is 0 Å². The number of rotatable bonds is 4. The Morgan fingerprint density at radius 1 is 1.39 bits per heavy atom. The minimum atomic E-state index is -4.22. The maximum Gasteiger partial charge on any atom is 0.405 e. The first kappa shape index (κ1) is 15.3. The van der Waals surface area contributed by atoms with E-state index in [1.807, 2.05) is 0 Å². The van der Waals surface area contributed by atoms with Gasteiger partial charge in [-0.15, -0.1) is 0 Å². The molecule has 0 aliphatic heterocycles. The number of alkyl halides is 3. The molecule has 0 bridgehead atoms. The summed E-state index contributed by atoms with van der Waals surface area (Å²) in [5.41, 5.74) is 7.05. The minimum absolute atomic E-state index is 0.279. The maximum atomic E-state index is 12.5. The van der Waals surface area contributed by atoms with Crippen LogP contribution in [-0.4, -0.2) is 19.3 Å². The second kappa shape index (κ2) is 5.93. The van der Waals surface area contributed by atoms with Crippen LogP contribution >= 0.6 is 15.9 Å². The molecule has 1 atom stereocenters. The number of nitrogens with zero attached hydrogens (tertiary/aromatic N) is 1. The largest absolute Gasteiger partial charge is 0.405 e. The first-order valence-corrected chi connectivity index (χ1v) is 6.40. The van der Waals surface area contributed by atoms with Gasteiger partial charge in [-0.3, -0.25) is 0 Å². The first-order valence-electron chi connectivity index (χ1n) is 5.61. The predicted octanol–water partition coefficient (Wildman–Crippen LogP) is 3.86. The highest BCUT2D eigenvalue weighted by Crippen LogP contribution is 2.30. The number of anilines is 1. The number of nitrogens with two attached hydrogens (primary N) is 1. The average molecular weight is 325 g/mol. The molecule has 0 aromatic heterocycles. The zero-order valence-electron chi connectivity index (χ0n) is 10.3. The Hall–Kier alpha value is -0.750. The van der Waals surface area contributed by atoms with E-state index >= 15 is 0 Å². The quantitative estimate of drug-likeness (QED) is 0.911. The lowest BCUT2D eigenvalue weighted by Gasteiger charge is -2.28. The van der Waals surface area contributed by atoms with Gasteiger partial charge in [-0.25, -0.2) is 0 Å². The standard InChI is InChI=1S/C12H16BrF3N2/c1-3-18(7-12(14,15)16)11-5-4-9(13)6-10(11)8(2)17/h4-6,8H,3,7,17H2,1-2H3. The minimum Gasteiger partial charge on any atom is -0.363 e. The van der Waals surface area contributed by atoms with Crippen molar-refractivity contribution < 1.29 is 13.2 Å². The molecule has 0 fully saturated rings. The van der Waals surface area contributed by atoms with Gasteiger partial charge in [-0.2, -0.15) is 13.2 Å². The van der Waals surface area contributed by atoms with Crippen molar-refractivity contribution >= 4 is 21.6 Å². The molecule has 102 valence electrons. The summed E-state index contributed by atoms with van der Waals surface area (Å²) in [5.74, 6) is 0. The summed E-state index contributed by atoms with van der Waals surface area (Å²) in [7, 11) is 0. The molecule has 0 aliphatic rings. The third-order valence-electron chi connectivity index (χ3n) is 2.57. The van der Waals surface area contributed by atoms with Gasteiger partial charge in [0.1, 0.15) is 6.54 Å². The zero-order chi connectivity index (χ0) is 13.9. The molecule has 1 unspecified atom stereocenters. The van der Waals surface area contributed by atoms with Crippen molar-refractivity contribution in [2.24, 2.45) is 5.73 Å². The van der Waals surface area contributed by atoms with E-state index in [4.69, 9.17) is 5.73 Å². The van der Waals surface area contributed by atoms with E-state index in [2.05, 4.69) is 15.9 Å². The fourth-order valence-electron chi connectivity index (χ4n) is 1.76. The summed E-state index contributed by atoms with van der Waals surface area (Å²) in [4.78, 5) is 1.28. The molecule has 18 heavy (non-hydrogen) atoms. The van der Waals surface area contributed by atoms with E-state index in [1.54, 1.807) is 32.0 Å². The van der Waals surface area contributed by atoms with Crippen molar-refractivity contribution in [2.45, 2.75) is 26.1 Å². The van der Waals surface area contributed by atoms with Crippen LogP contribution in [0.25, 0.3) is 0 Å². The second-order valence-corrected chi connectivity index (χ2v) is 5.04. The van der Waals surface area contributed by atoms with Crippen LogP contribution in [0.15, 0.2) is 22.7 Å². The molecule has 6 heteroatoms. The van der Waals surface area contributed by atoms with Gasteiger partial charge in [0.05, 0.1) is 0 Å². The number of halogens is 4. The molecule has 1 rings (SSSR count). The lowest BCUT2D eigenvalue weighted by Crippen LogP contribution is -2.35. The molecule has 1 aromatic rings. The van der Waals surface area contributed by atoms with Crippen molar-refractivity contribution in [3.8, 4) is 0 Å². The van der Waals surface area contributed by atoms with Crippen molar-refractivity contribution in [3.05, 3.63) is 28.2 Å². The summed E-state index contributed by atoms with van der Waals surface area (Å²) >= 11 is 3.30. The molecule has 2 N–H and O–H groups in total. The molecular weight excluding hydrogens is 309 g/mol. The van der Waals surface area contributed by atoms with Gasteiger partial charge in [0.25, 0.3) is 0 Å². The van der Waals surface area contributed by atoms with Crippen LogP contribution < -0.4 is 10.6 Å². The molecule has 1 aromatic carbocycles. The van der Waals surface area contributed by atoms with Crippen molar-refractivity contribution in [1.29, 1.82) is 0 Å². The number of hydrogen-bond acceptors (Lipinski definition) is 2. The van der Waals surface area contributed by atoms with Gasteiger partial charge < -0.3 is 10.6 Å². The molecular formula is C12H16BrF3N2. The Balaban J connectivity index is 3.12. The fourth-order valence-corrected chi connectivity index (χ4v) is 2.14. The molecule has 0 amide bonds. The van der Waals surface area contributed by atoms with Crippen LogP contribution in [0, 0.1) is 0 Å². The van der Waals surface area contributed by atoms with E-state index in [-0.39, 0.29) is 12.6 Å². The highest BCUT2D eigenvalue weighted by molar-refractivity contribution is 9.10. The van der Waals surface area contributed by atoms with Crippen LogP contribution in [0.2, 0.25) is 0 Å². The van der Waals surface area contributed by atoms with Gasteiger partial charge in [0, 0.05) is 22.7 Å². The van der Waals surface area contributed by atoms with Gasteiger partial charge in [0.2, 0.25) is 0 Å². The smallest absolute Gasteiger partial charge is 0.363 e. The van der Waals surface area contributed by atoms with Crippen molar-refractivity contribution in [3.63, 3.8) is 0 Å². The summed E-state index contributed by atoms with van der Waals surface area (Å²) in [6.07, 6.45) is -4.22. The van der Waals surface area contributed by atoms with Gasteiger partial charge >= 0.3 is 6.18 Å². The lowest BCUT2D eigenvalue weighted by atomic mass is 10.1. The highest BCUT2D eigenvalue weighted by atomic mass is 79.9. The predicted molar refractivity (Wildman–Crippen MR) is 70.7 cm³/mol. The molecule has 0 saturated carbocycles. The number of benzene rings is 1. The average Bonchev–Trinajstić information content (AvgIpc) is 2.24. The third kappa shape index (κ3) is 4.17. The Morgan fingerprint density at radius 2 is 2.00 bits per heavy atom. The van der Waals surface area contributed by atoms with Crippen LogP contribution in [0.5, 0.6) is 0 Å². The molecule has 0 radical (unpaired) electrons. The van der Waals surface area contributed by atoms with Crippen LogP contribution in [0.1, 0.15) is 25.5 Å². The van der Waals surface area contributed by atoms with E-state index in [0.29, 0.717) is 11.3 Å². The summed E-state index contributed by atoms with van der Waals surface area (Å²) in [5, 5.41) is 0. The van der Waals surface area contributed by atoms with E-state index in [1.165, 1.54) is 4.90 Å². The van der Waals surface area contributed by atoms with Crippen LogP contribution in [0.3, 0.4) is 0 Å². The first-order chi connectivity index (χ1) is 8.24. The lowest BCUT2D eigenvalue weighted by molar-refractivity contribution is -0.119. The molecule has 2 nitrogen and oxygen atoms in total. The fraction of sp³-hybridized carbons (Fsp3) is 0.500. The molecule has 0 spiro atoms. The normalized spacial score (nSPS) is 13.5. The zero-order valence-corrected chi connectivity index (χ0v) is 11.8. The van der Waals surface area contributed by atoms with Crippen molar-refractivity contribution in [1.82, 2.24) is 0 Å². The van der Waals surface area contributed by atoms with Crippen molar-refractivity contribution in [2.75, 3.05) is 18.0 Å².